The first-order valence-electron chi connectivity index (χ1n) is 6.42. The van der Waals surface area contributed by atoms with Crippen molar-refractivity contribution in [1.82, 2.24) is 5.32 Å². The number of methoxy groups -OCH3 is 1. The van der Waals surface area contributed by atoms with Crippen molar-refractivity contribution in [2.24, 2.45) is 0 Å². The fraction of sp³-hybridized carbons (Fsp3) is 0.500. The molecule has 1 heterocycles. The number of hydrogen-bond donors (Lipinski definition) is 1. The van der Waals surface area contributed by atoms with Crippen LogP contribution in [0, 0.1) is 0 Å². The van der Waals surface area contributed by atoms with E-state index in [0.29, 0.717) is 11.6 Å². The van der Waals surface area contributed by atoms with Gasteiger partial charge in [0.05, 0.1) is 18.4 Å². The number of nitrogens with zero attached hydrogens (tertiary/aromatic N) is 1. The van der Waals surface area contributed by atoms with E-state index in [-0.39, 0.29) is 5.97 Å². The molecule has 0 radical (unpaired) electrons. The summed E-state index contributed by atoms with van der Waals surface area (Å²) in [5, 5.41) is 3.39. The predicted octanol–water partition coefficient (Wildman–Crippen LogP) is 1.66. The summed E-state index contributed by atoms with van der Waals surface area (Å²) in [6, 6.07) is 8.11. The van der Waals surface area contributed by atoms with E-state index >= 15 is 0 Å². The highest BCUT2D eigenvalue weighted by Gasteiger charge is 2.24. The van der Waals surface area contributed by atoms with Crippen LogP contribution in [0.4, 0.5) is 5.69 Å². The number of carbonyl (C=O) groups is 1. The highest BCUT2D eigenvalue weighted by Crippen LogP contribution is 2.25. The second kappa shape index (κ2) is 5.87. The first-order chi connectivity index (χ1) is 8.77. The molecule has 1 saturated heterocycles. The lowest BCUT2D eigenvalue weighted by atomic mass is 10.1. The van der Waals surface area contributed by atoms with Crippen LogP contribution in [0.3, 0.4) is 0 Å². The minimum Gasteiger partial charge on any atom is -0.465 e. The molecule has 1 atom stereocenters. The van der Waals surface area contributed by atoms with Gasteiger partial charge in [0, 0.05) is 25.7 Å². The lowest BCUT2D eigenvalue weighted by Gasteiger charge is -2.38. The number of ether oxygens (including phenoxy) is 1. The molecule has 1 N–H and O–H groups in total. The number of carbonyl (C=O) groups excluding carboxylic acids is 1. The number of nitrogens with one attached hydrogen (secondary N) is 1. The summed E-state index contributed by atoms with van der Waals surface area (Å²) in [6.07, 6.45) is 1.06. The Hall–Kier alpha value is -1.55. The summed E-state index contributed by atoms with van der Waals surface area (Å²) in [5.74, 6) is -0.265. The largest absolute Gasteiger partial charge is 0.465 e. The van der Waals surface area contributed by atoms with Crippen molar-refractivity contribution in [2.75, 3.05) is 31.6 Å². The highest BCUT2D eigenvalue weighted by atomic mass is 16.5. The quantitative estimate of drug-likeness (QED) is 0.826. The Kier molecular flexibility index (Phi) is 4.20. The van der Waals surface area contributed by atoms with E-state index in [0.717, 1.165) is 31.7 Å². The van der Waals surface area contributed by atoms with E-state index in [1.165, 1.54) is 7.11 Å². The summed E-state index contributed by atoms with van der Waals surface area (Å²) in [5.41, 5.74) is 1.64. The Morgan fingerprint density at radius 1 is 1.50 bits per heavy atom. The molecule has 1 aromatic rings. The number of rotatable bonds is 3. The summed E-state index contributed by atoms with van der Waals surface area (Å²) >= 11 is 0. The molecule has 18 heavy (non-hydrogen) atoms. The molecule has 4 nitrogen and oxygen atoms in total. The Morgan fingerprint density at radius 3 is 3.00 bits per heavy atom. The number of para-hydroxylation sites is 1. The van der Waals surface area contributed by atoms with E-state index in [1.54, 1.807) is 0 Å². The Balaban J connectivity index is 2.33. The van der Waals surface area contributed by atoms with Gasteiger partial charge in [0.15, 0.2) is 0 Å². The molecule has 1 aliphatic heterocycles. The molecule has 0 bridgehead atoms. The molecule has 98 valence electrons. The van der Waals surface area contributed by atoms with Gasteiger partial charge in [0.1, 0.15) is 0 Å². The number of piperazine rings is 1. The third kappa shape index (κ3) is 2.48. The zero-order valence-electron chi connectivity index (χ0n) is 11.0. The van der Waals surface area contributed by atoms with Crippen LogP contribution in [-0.4, -0.2) is 38.8 Å². The van der Waals surface area contributed by atoms with Crippen molar-refractivity contribution < 1.29 is 9.53 Å². The van der Waals surface area contributed by atoms with Gasteiger partial charge in [0.25, 0.3) is 0 Å². The van der Waals surface area contributed by atoms with E-state index in [4.69, 9.17) is 4.74 Å². The van der Waals surface area contributed by atoms with Gasteiger partial charge in [-0.2, -0.15) is 0 Å². The van der Waals surface area contributed by atoms with Crippen LogP contribution in [0.2, 0.25) is 0 Å². The van der Waals surface area contributed by atoms with E-state index in [1.807, 2.05) is 24.3 Å². The second-order valence-corrected chi connectivity index (χ2v) is 4.47. The summed E-state index contributed by atoms with van der Waals surface area (Å²) < 4.78 is 4.86. The van der Waals surface area contributed by atoms with Gasteiger partial charge < -0.3 is 15.0 Å². The monoisotopic (exact) mass is 248 g/mol. The van der Waals surface area contributed by atoms with Crippen LogP contribution in [0.25, 0.3) is 0 Å². The maximum atomic E-state index is 11.8. The van der Waals surface area contributed by atoms with Crippen LogP contribution >= 0.6 is 0 Å². The van der Waals surface area contributed by atoms with Crippen LogP contribution in [0.15, 0.2) is 24.3 Å². The molecule has 0 aliphatic carbocycles. The van der Waals surface area contributed by atoms with Crippen LogP contribution in [0.5, 0.6) is 0 Å². The Bertz CT molecular complexity index is 420. The molecule has 1 fully saturated rings. The Morgan fingerprint density at radius 2 is 2.28 bits per heavy atom. The van der Waals surface area contributed by atoms with E-state index in [2.05, 4.69) is 17.1 Å². The predicted molar refractivity (Wildman–Crippen MR) is 72.1 cm³/mol. The van der Waals surface area contributed by atoms with Gasteiger partial charge in [0.2, 0.25) is 0 Å². The molecule has 0 amide bonds. The van der Waals surface area contributed by atoms with E-state index < -0.39 is 0 Å². The van der Waals surface area contributed by atoms with Crippen molar-refractivity contribution in [3.05, 3.63) is 29.8 Å². The number of benzene rings is 1. The first kappa shape index (κ1) is 12.9. The third-order valence-electron chi connectivity index (χ3n) is 3.44. The molecule has 0 saturated carbocycles. The number of esters is 1. The average Bonchev–Trinajstić information content (AvgIpc) is 2.46. The molecule has 1 aromatic carbocycles. The maximum absolute atomic E-state index is 11.8. The lowest BCUT2D eigenvalue weighted by molar-refractivity contribution is 0.0601. The Labute approximate surface area is 108 Å². The SMILES string of the molecule is CC[C@@H]1CNCCN1c1ccccc1C(=O)OC. The van der Waals surface area contributed by atoms with Crippen molar-refractivity contribution in [3.8, 4) is 0 Å². The molecule has 0 unspecified atom stereocenters. The fourth-order valence-electron chi connectivity index (χ4n) is 2.45. The molecule has 4 heteroatoms. The summed E-state index contributed by atoms with van der Waals surface area (Å²) in [4.78, 5) is 14.1. The molecule has 2 rings (SSSR count). The molecule has 0 aromatic heterocycles. The fourth-order valence-corrected chi connectivity index (χ4v) is 2.45. The minimum atomic E-state index is -0.265. The number of anilines is 1. The molecular weight excluding hydrogens is 228 g/mol. The minimum absolute atomic E-state index is 0.265. The first-order valence-corrected chi connectivity index (χ1v) is 6.42. The van der Waals surface area contributed by atoms with E-state index in [9.17, 15) is 4.79 Å². The normalized spacial score (nSPS) is 19.7. The van der Waals surface area contributed by atoms with Gasteiger partial charge in [-0.05, 0) is 18.6 Å². The number of hydrogen-bond acceptors (Lipinski definition) is 4. The second-order valence-electron chi connectivity index (χ2n) is 4.47. The standard InChI is InChI=1S/C14H20N2O2/c1-3-11-10-15-8-9-16(11)13-7-5-4-6-12(13)14(17)18-2/h4-7,11,15H,3,8-10H2,1-2H3/t11-/m1/s1. The average molecular weight is 248 g/mol. The van der Waals surface area contributed by atoms with Gasteiger partial charge in [-0.1, -0.05) is 19.1 Å². The van der Waals surface area contributed by atoms with Crippen molar-refractivity contribution in [1.29, 1.82) is 0 Å². The van der Waals surface area contributed by atoms with Crippen LogP contribution < -0.4 is 10.2 Å². The van der Waals surface area contributed by atoms with Gasteiger partial charge in [-0.25, -0.2) is 4.79 Å². The lowest BCUT2D eigenvalue weighted by Crippen LogP contribution is -2.51. The topological polar surface area (TPSA) is 41.6 Å². The van der Waals surface area contributed by atoms with Crippen LogP contribution in [0.1, 0.15) is 23.7 Å². The van der Waals surface area contributed by atoms with Gasteiger partial charge >= 0.3 is 5.97 Å². The molecule has 1 aliphatic rings. The van der Waals surface area contributed by atoms with Gasteiger partial charge in [-0.15, -0.1) is 0 Å². The smallest absolute Gasteiger partial charge is 0.339 e. The summed E-state index contributed by atoms with van der Waals surface area (Å²) in [6.45, 7) is 5.01. The molecule has 0 spiro atoms. The van der Waals surface area contributed by atoms with Gasteiger partial charge in [-0.3, -0.25) is 0 Å². The maximum Gasteiger partial charge on any atom is 0.339 e. The van der Waals surface area contributed by atoms with Crippen molar-refractivity contribution >= 4 is 11.7 Å². The molecular formula is C14H20N2O2. The van der Waals surface area contributed by atoms with Crippen molar-refractivity contribution in [2.45, 2.75) is 19.4 Å². The third-order valence-corrected chi connectivity index (χ3v) is 3.44. The van der Waals surface area contributed by atoms with Crippen molar-refractivity contribution in [3.63, 3.8) is 0 Å². The zero-order valence-corrected chi connectivity index (χ0v) is 11.0. The summed E-state index contributed by atoms with van der Waals surface area (Å²) in [7, 11) is 1.42. The zero-order chi connectivity index (χ0) is 13.0. The van der Waals surface area contributed by atoms with Crippen LogP contribution in [-0.2, 0) is 4.74 Å². The highest BCUT2D eigenvalue weighted by molar-refractivity contribution is 5.95.